The molecule has 0 amide bonds. The molecule has 138 valence electrons. The molecule has 0 bridgehead atoms. The molecule has 0 fully saturated rings. The third-order valence-electron chi connectivity index (χ3n) is 3.07. The number of thiazole rings is 1. The SMILES string of the molecule is CC.CN.COc1ccc(C(=N)N)cc1/C=C/CCc1csc(C)n1. The largest absolute Gasteiger partial charge is 0.496 e. The summed E-state index contributed by atoms with van der Waals surface area (Å²) in [7, 11) is 3.14. The summed E-state index contributed by atoms with van der Waals surface area (Å²) in [5.74, 6) is 0.839. The molecule has 0 unspecified atom stereocenters. The first-order chi connectivity index (χ1) is 12.1. The molecular weight excluding hydrogens is 332 g/mol. The van der Waals surface area contributed by atoms with Gasteiger partial charge in [0.15, 0.2) is 0 Å². The van der Waals surface area contributed by atoms with Crippen molar-refractivity contribution in [3.8, 4) is 5.75 Å². The second-order valence-electron chi connectivity index (χ2n) is 4.67. The Balaban J connectivity index is 0.00000134. The topological polar surface area (TPSA) is 98.0 Å². The maximum absolute atomic E-state index is 7.49. The van der Waals surface area contributed by atoms with Crippen LogP contribution in [-0.2, 0) is 6.42 Å². The van der Waals surface area contributed by atoms with E-state index in [1.807, 2.05) is 39.0 Å². The molecule has 1 aromatic carbocycles. The Kier molecular flexibility index (Phi) is 12.0. The van der Waals surface area contributed by atoms with Crippen molar-refractivity contribution in [1.29, 1.82) is 5.41 Å². The van der Waals surface area contributed by atoms with E-state index in [9.17, 15) is 0 Å². The molecule has 2 rings (SSSR count). The number of hydrogen-bond donors (Lipinski definition) is 3. The number of hydrogen-bond acceptors (Lipinski definition) is 5. The monoisotopic (exact) mass is 362 g/mol. The zero-order valence-corrected chi connectivity index (χ0v) is 16.6. The van der Waals surface area contributed by atoms with E-state index in [4.69, 9.17) is 15.9 Å². The summed E-state index contributed by atoms with van der Waals surface area (Å²) in [5.41, 5.74) is 12.8. The van der Waals surface area contributed by atoms with E-state index in [-0.39, 0.29) is 5.84 Å². The molecular formula is C19H30N4OS. The summed E-state index contributed by atoms with van der Waals surface area (Å²) in [6, 6.07) is 5.49. The first-order valence-electron chi connectivity index (χ1n) is 8.28. The number of rotatable bonds is 6. The highest BCUT2D eigenvalue weighted by molar-refractivity contribution is 7.09. The molecule has 0 aliphatic heterocycles. The fourth-order valence-electron chi connectivity index (χ4n) is 2.00. The third kappa shape index (κ3) is 7.96. The molecule has 5 nitrogen and oxygen atoms in total. The van der Waals surface area contributed by atoms with Crippen LogP contribution in [0.1, 0.15) is 42.1 Å². The van der Waals surface area contributed by atoms with Crippen molar-refractivity contribution in [3.05, 3.63) is 51.5 Å². The normalized spacial score (nSPS) is 9.68. The van der Waals surface area contributed by atoms with Gasteiger partial charge in [0.2, 0.25) is 0 Å². The van der Waals surface area contributed by atoms with Crippen molar-refractivity contribution in [1.82, 2.24) is 4.98 Å². The Morgan fingerprint density at radius 3 is 2.52 bits per heavy atom. The van der Waals surface area contributed by atoms with Crippen LogP contribution >= 0.6 is 11.3 Å². The van der Waals surface area contributed by atoms with Crippen LogP contribution in [-0.4, -0.2) is 25.0 Å². The standard InChI is InChI=1S/C16H19N3OS.C2H6.CH5N/c1-11-19-14(10-21-11)6-4-3-5-12-9-13(16(17)18)7-8-15(12)20-2;2*1-2/h3,5,7-10H,4,6H2,1-2H3,(H3,17,18);1-2H3;2H2,1H3/b5-3+;;. The van der Waals surface area contributed by atoms with Crippen LogP contribution in [0.15, 0.2) is 29.7 Å². The Bertz CT molecular complexity index is 665. The van der Waals surface area contributed by atoms with Crippen LogP contribution in [0.25, 0.3) is 6.08 Å². The lowest BCUT2D eigenvalue weighted by Crippen LogP contribution is -2.11. The summed E-state index contributed by atoms with van der Waals surface area (Å²) in [4.78, 5) is 4.44. The summed E-state index contributed by atoms with van der Waals surface area (Å²) in [5, 5.41) is 10.7. The summed E-state index contributed by atoms with van der Waals surface area (Å²) in [6.07, 6.45) is 5.94. The summed E-state index contributed by atoms with van der Waals surface area (Å²) < 4.78 is 5.33. The first-order valence-corrected chi connectivity index (χ1v) is 9.16. The van der Waals surface area contributed by atoms with Gasteiger partial charge in [-0.25, -0.2) is 4.98 Å². The fraction of sp³-hybridized carbons (Fsp3) is 0.368. The molecule has 0 atom stereocenters. The minimum Gasteiger partial charge on any atom is -0.496 e. The van der Waals surface area contributed by atoms with E-state index in [1.165, 1.54) is 7.05 Å². The van der Waals surface area contributed by atoms with Gasteiger partial charge in [-0.1, -0.05) is 26.0 Å². The number of nitrogens with zero attached hydrogens (tertiary/aromatic N) is 1. The molecule has 0 spiro atoms. The van der Waals surface area contributed by atoms with E-state index in [1.54, 1.807) is 24.5 Å². The molecule has 6 heteroatoms. The number of methoxy groups -OCH3 is 1. The van der Waals surface area contributed by atoms with E-state index in [0.717, 1.165) is 34.9 Å². The second-order valence-corrected chi connectivity index (χ2v) is 5.73. The quantitative estimate of drug-likeness (QED) is 0.534. The molecule has 0 saturated heterocycles. The summed E-state index contributed by atoms with van der Waals surface area (Å²) >= 11 is 1.68. The Morgan fingerprint density at radius 1 is 1.32 bits per heavy atom. The number of nitrogen functional groups attached to an aromatic ring is 1. The van der Waals surface area contributed by atoms with Gasteiger partial charge in [-0.2, -0.15) is 0 Å². The average molecular weight is 363 g/mol. The number of benzene rings is 1. The molecule has 1 aromatic heterocycles. The highest BCUT2D eigenvalue weighted by Gasteiger charge is 2.03. The van der Waals surface area contributed by atoms with Crippen LogP contribution in [0.3, 0.4) is 0 Å². The van der Waals surface area contributed by atoms with Crippen molar-refractivity contribution < 1.29 is 4.74 Å². The van der Waals surface area contributed by atoms with E-state index >= 15 is 0 Å². The number of amidine groups is 1. The number of nitrogens with one attached hydrogen (secondary N) is 1. The molecule has 1 heterocycles. The smallest absolute Gasteiger partial charge is 0.126 e. The molecule has 0 saturated carbocycles. The average Bonchev–Trinajstić information content (AvgIpc) is 3.07. The van der Waals surface area contributed by atoms with Crippen LogP contribution in [0.2, 0.25) is 0 Å². The molecule has 5 N–H and O–H groups in total. The molecule has 25 heavy (non-hydrogen) atoms. The Morgan fingerprint density at radius 2 is 2.00 bits per heavy atom. The first kappa shape index (κ1) is 22.8. The minimum atomic E-state index is 0.0604. The van der Waals surface area contributed by atoms with Crippen LogP contribution in [0.5, 0.6) is 5.75 Å². The molecule has 0 radical (unpaired) electrons. The highest BCUT2D eigenvalue weighted by atomic mass is 32.1. The summed E-state index contributed by atoms with van der Waals surface area (Å²) in [6.45, 7) is 6.02. The highest BCUT2D eigenvalue weighted by Crippen LogP contribution is 2.21. The van der Waals surface area contributed by atoms with E-state index < -0.39 is 0 Å². The van der Waals surface area contributed by atoms with Crippen molar-refractivity contribution in [2.45, 2.75) is 33.6 Å². The van der Waals surface area contributed by atoms with E-state index in [0.29, 0.717) is 5.56 Å². The van der Waals surface area contributed by atoms with Gasteiger partial charge in [0.25, 0.3) is 0 Å². The lowest BCUT2D eigenvalue weighted by atomic mass is 10.1. The number of ether oxygens (including phenoxy) is 1. The van der Waals surface area contributed by atoms with Gasteiger partial charge < -0.3 is 16.2 Å². The molecule has 0 aliphatic carbocycles. The maximum Gasteiger partial charge on any atom is 0.126 e. The van der Waals surface area contributed by atoms with Gasteiger partial charge in [-0.15, -0.1) is 11.3 Å². The van der Waals surface area contributed by atoms with Gasteiger partial charge in [0, 0.05) is 16.5 Å². The Labute approximate surface area is 155 Å². The predicted octanol–water partition coefficient (Wildman–Crippen LogP) is 3.99. The number of aromatic nitrogens is 1. The van der Waals surface area contributed by atoms with E-state index in [2.05, 4.69) is 22.2 Å². The lowest BCUT2D eigenvalue weighted by Gasteiger charge is -2.07. The molecule has 2 aromatic rings. The zero-order valence-electron chi connectivity index (χ0n) is 15.8. The van der Waals surface area contributed by atoms with Crippen LogP contribution in [0.4, 0.5) is 0 Å². The minimum absolute atomic E-state index is 0.0604. The van der Waals surface area contributed by atoms with Gasteiger partial charge in [0.1, 0.15) is 11.6 Å². The van der Waals surface area contributed by atoms with Crippen molar-refractivity contribution in [2.75, 3.05) is 14.2 Å². The predicted molar refractivity (Wildman–Crippen MR) is 110 cm³/mol. The van der Waals surface area contributed by atoms with Gasteiger partial charge >= 0.3 is 0 Å². The third-order valence-corrected chi connectivity index (χ3v) is 3.89. The van der Waals surface area contributed by atoms with Crippen LogP contribution in [0, 0.1) is 12.3 Å². The fourth-order valence-corrected chi connectivity index (χ4v) is 2.64. The van der Waals surface area contributed by atoms with Crippen molar-refractivity contribution in [2.24, 2.45) is 11.5 Å². The van der Waals surface area contributed by atoms with Crippen molar-refractivity contribution >= 4 is 23.2 Å². The second kappa shape index (κ2) is 13.1. The van der Waals surface area contributed by atoms with Gasteiger partial charge in [-0.3, -0.25) is 5.41 Å². The number of nitrogens with two attached hydrogens (primary N) is 2. The van der Waals surface area contributed by atoms with Gasteiger partial charge in [-0.05, 0) is 45.0 Å². The zero-order chi connectivity index (χ0) is 19.2. The maximum atomic E-state index is 7.49. The Hall–Kier alpha value is -2.18. The number of aryl methyl sites for hydroxylation is 2. The van der Waals surface area contributed by atoms with Gasteiger partial charge in [0.05, 0.1) is 17.8 Å². The van der Waals surface area contributed by atoms with Crippen molar-refractivity contribution in [3.63, 3.8) is 0 Å². The molecule has 0 aliphatic rings. The lowest BCUT2D eigenvalue weighted by molar-refractivity contribution is 0.414. The van der Waals surface area contributed by atoms with Crippen LogP contribution < -0.4 is 16.2 Å². The number of allylic oxidation sites excluding steroid dienone is 1.